The molecule has 0 N–H and O–H groups in total. The van der Waals surface area contributed by atoms with Gasteiger partial charge in [-0.05, 0) is 24.3 Å². The molecule has 108 valence electrons. The van der Waals surface area contributed by atoms with E-state index in [1.54, 1.807) is 21.3 Å². The summed E-state index contributed by atoms with van der Waals surface area (Å²) in [4.78, 5) is 0. The van der Waals surface area contributed by atoms with Crippen LogP contribution in [-0.4, -0.2) is 21.3 Å². The molecule has 3 aromatic rings. The fourth-order valence-corrected chi connectivity index (χ4v) is 2.35. The van der Waals surface area contributed by atoms with Gasteiger partial charge in [-0.15, -0.1) is 0 Å². The zero-order valence-corrected chi connectivity index (χ0v) is 12.2. The highest BCUT2D eigenvalue weighted by atomic mass is 16.5. The Labute approximate surface area is 122 Å². The van der Waals surface area contributed by atoms with Crippen molar-refractivity contribution in [3.8, 4) is 28.6 Å². The van der Waals surface area contributed by atoms with Crippen molar-refractivity contribution in [1.29, 1.82) is 0 Å². The van der Waals surface area contributed by atoms with E-state index in [4.69, 9.17) is 18.6 Å². The van der Waals surface area contributed by atoms with Crippen molar-refractivity contribution in [2.45, 2.75) is 0 Å². The van der Waals surface area contributed by atoms with Crippen molar-refractivity contribution in [3.05, 3.63) is 42.5 Å². The van der Waals surface area contributed by atoms with Crippen LogP contribution in [0.5, 0.6) is 17.2 Å². The van der Waals surface area contributed by atoms with E-state index in [2.05, 4.69) is 0 Å². The summed E-state index contributed by atoms with van der Waals surface area (Å²) < 4.78 is 21.9. The van der Waals surface area contributed by atoms with E-state index in [-0.39, 0.29) is 0 Å². The van der Waals surface area contributed by atoms with E-state index >= 15 is 0 Å². The Bertz CT molecular complexity index is 715. The minimum atomic E-state index is 0.569. The van der Waals surface area contributed by atoms with Crippen molar-refractivity contribution >= 4 is 11.0 Å². The van der Waals surface area contributed by atoms with Crippen LogP contribution in [0.4, 0.5) is 0 Å². The van der Waals surface area contributed by atoms with Crippen LogP contribution in [0.1, 0.15) is 0 Å². The van der Waals surface area contributed by atoms with Gasteiger partial charge >= 0.3 is 0 Å². The summed E-state index contributed by atoms with van der Waals surface area (Å²) in [5, 5.41) is 1.06. The summed E-state index contributed by atoms with van der Waals surface area (Å²) in [7, 11) is 4.78. The molecule has 21 heavy (non-hydrogen) atoms. The number of hydrogen-bond donors (Lipinski definition) is 0. The normalized spacial score (nSPS) is 10.6. The monoisotopic (exact) mass is 284 g/mol. The molecular formula is C17H16O4. The van der Waals surface area contributed by atoms with Gasteiger partial charge in [-0.3, -0.25) is 0 Å². The van der Waals surface area contributed by atoms with E-state index in [0.29, 0.717) is 17.2 Å². The molecule has 2 aromatic carbocycles. The Morgan fingerprint density at radius 3 is 2.05 bits per heavy atom. The van der Waals surface area contributed by atoms with Crippen molar-refractivity contribution in [2.24, 2.45) is 0 Å². The molecule has 4 heteroatoms. The first-order valence-electron chi connectivity index (χ1n) is 6.55. The molecule has 0 unspecified atom stereocenters. The second kappa shape index (κ2) is 5.40. The highest BCUT2D eigenvalue weighted by Crippen LogP contribution is 2.42. The summed E-state index contributed by atoms with van der Waals surface area (Å²) in [6, 6.07) is 13.6. The van der Waals surface area contributed by atoms with Gasteiger partial charge in [0.1, 0.15) is 11.3 Å². The summed E-state index contributed by atoms with van der Waals surface area (Å²) in [5.41, 5.74) is 1.72. The van der Waals surface area contributed by atoms with Gasteiger partial charge in [-0.25, -0.2) is 0 Å². The fourth-order valence-electron chi connectivity index (χ4n) is 2.35. The van der Waals surface area contributed by atoms with Gasteiger partial charge in [0.15, 0.2) is 11.5 Å². The third kappa shape index (κ3) is 2.29. The molecule has 0 aliphatic rings. The summed E-state index contributed by atoms with van der Waals surface area (Å²) in [5.74, 6) is 2.54. The Hall–Kier alpha value is -2.62. The third-order valence-corrected chi connectivity index (χ3v) is 3.37. The lowest BCUT2D eigenvalue weighted by Crippen LogP contribution is -1.95. The summed E-state index contributed by atoms with van der Waals surface area (Å²) >= 11 is 0. The average Bonchev–Trinajstić information content (AvgIpc) is 2.97. The van der Waals surface area contributed by atoms with Crippen LogP contribution in [0.2, 0.25) is 0 Å². The number of ether oxygens (including phenoxy) is 3. The number of methoxy groups -OCH3 is 3. The van der Waals surface area contributed by atoms with Crippen molar-refractivity contribution in [1.82, 2.24) is 0 Å². The highest BCUT2D eigenvalue weighted by Gasteiger charge is 2.16. The van der Waals surface area contributed by atoms with E-state index in [1.165, 1.54) is 0 Å². The maximum atomic E-state index is 5.87. The molecule has 1 heterocycles. The molecule has 1 aromatic heterocycles. The van der Waals surface area contributed by atoms with Crippen molar-refractivity contribution < 1.29 is 18.6 Å². The van der Waals surface area contributed by atoms with Crippen molar-refractivity contribution in [2.75, 3.05) is 21.3 Å². The van der Waals surface area contributed by atoms with E-state index in [9.17, 15) is 0 Å². The number of furan rings is 1. The molecular weight excluding hydrogens is 268 g/mol. The van der Waals surface area contributed by atoms with Gasteiger partial charge in [-0.2, -0.15) is 0 Å². The van der Waals surface area contributed by atoms with Crippen LogP contribution in [-0.2, 0) is 0 Å². The van der Waals surface area contributed by atoms with Crippen LogP contribution >= 0.6 is 0 Å². The van der Waals surface area contributed by atoms with E-state index in [1.807, 2.05) is 42.5 Å². The number of hydrogen-bond acceptors (Lipinski definition) is 4. The van der Waals surface area contributed by atoms with Gasteiger partial charge in [0, 0.05) is 10.9 Å². The number of rotatable bonds is 4. The minimum absolute atomic E-state index is 0.569. The summed E-state index contributed by atoms with van der Waals surface area (Å²) in [6.07, 6.45) is 0. The van der Waals surface area contributed by atoms with Gasteiger partial charge < -0.3 is 18.6 Å². The molecule has 3 rings (SSSR count). The Morgan fingerprint density at radius 2 is 1.48 bits per heavy atom. The van der Waals surface area contributed by atoms with Gasteiger partial charge in [0.2, 0.25) is 5.75 Å². The van der Waals surface area contributed by atoms with Crippen LogP contribution < -0.4 is 14.2 Å². The standard InChI is InChI=1S/C17H16O4/c1-18-15-9-12(10-16(19-2)17(15)20-3)14-8-11-6-4-5-7-13(11)21-14/h4-10H,1-3H3. The Kier molecular flexibility index (Phi) is 3.44. The molecule has 0 saturated carbocycles. The predicted octanol–water partition coefficient (Wildman–Crippen LogP) is 4.13. The molecule has 0 spiro atoms. The van der Waals surface area contributed by atoms with Gasteiger partial charge in [-0.1, -0.05) is 18.2 Å². The quantitative estimate of drug-likeness (QED) is 0.722. The molecule has 0 atom stereocenters. The molecule has 0 aliphatic heterocycles. The number of fused-ring (bicyclic) bond motifs is 1. The maximum Gasteiger partial charge on any atom is 0.203 e. The van der Waals surface area contributed by atoms with Crippen LogP contribution in [0.3, 0.4) is 0 Å². The first kappa shape index (κ1) is 13.4. The summed E-state index contributed by atoms with van der Waals surface area (Å²) in [6.45, 7) is 0. The first-order chi connectivity index (χ1) is 10.3. The Morgan fingerprint density at radius 1 is 0.810 bits per heavy atom. The second-order valence-electron chi connectivity index (χ2n) is 4.56. The third-order valence-electron chi connectivity index (χ3n) is 3.37. The van der Waals surface area contributed by atoms with Gasteiger partial charge in [0.25, 0.3) is 0 Å². The number of para-hydroxylation sites is 1. The van der Waals surface area contributed by atoms with Gasteiger partial charge in [0.05, 0.1) is 21.3 Å². The minimum Gasteiger partial charge on any atom is -0.493 e. The smallest absolute Gasteiger partial charge is 0.203 e. The zero-order chi connectivity index (χ0) is 14.8. The fraction of sp³-hybridized carbons (Fsp3) is 0.176. The average molecular weight is 284 g/mol. The molecule has 4 nitrogen and oxygen atoms in total. The van der Waals surface area contributed by atoms with Crippen LogP contribution in [0.25, 0.3) is 22.3 Å². The SMILES string of the molecule is COc1cc(-c2cc3ccccc3o2)cc(OC)c1OC. The van der Waals surface area contributed by atoms with Crippen molar-refractivity contribution in [3.63, 3.8) is 0 Å². The molecule has 0 radical (unpaired) electrons. The lowest BCUT2D eigenvalue weighted by molar-refractivity contribution is 0.324. The topological polar surface area (TPSA) is 40.8 Å². The largest absolute Gasteiger partial charge is 0.493 e. The molecule has 0 bridgehead atoms. The molecule has 0 amide bonds. The lowest BCUT2D eigenvalue weighted by atomic mass is 10.1. The second-order valence-corrected chi connectivity index (χ2v) is 4.56. The highest BCUT2D eigenvalue weighted by molar-refractivity contribution is 5.83. The van der Waals surface area contributed by atoms with Crippen LogP contribution in [0, 0.1) is 0 Å². The zero-order valence-electron chi connectivity index (χ0n) is 12.2. The van der Waals surface area contributed by atoms with E-state index < -0.39 is 0 Å². The number of benzene rings is 2. The van der Waals surface area contributed by atoms with Crippen LogP contribution in [0.15, 0.2) is 46.9 Å². The molecule has 0 fully saturated rings. The van der Waals surface area contributed by atoms with E-state index in [0.717, 1.165) is 22.3 Å². The first-order valence-corrected chi connectivity index (χ1v) is 6.55. The maximum absolute atomic E-state index is 5.87. The lowest BCUT2D eigenvalue weighted by Gasteiger charge is -2.13. The Balaban J connectivity index is 2.17. The molecule has 0 saturated heterocycles. The predicted molar refractivity (Wildman–Crippen MR) is 81.3 cm³/mol. The molecule has 0 aliphatic carbocycles.